The van der Waals surface area contributed by atoms with E-state index in [0.717, 1.165) is 0 Å². The van der Waals surface area contributed by atoms with Crippen molar-refractivity contribution in [2.45, 2.75) is 23.1 Å². The minimum atomic E-state index is -3.91. The molecule has 0 spiro atoms. The van der Waals surface area contributed by atoms with Gasteiger partial charge in [0.25, 0.3) is 0 Å². The van der Waals surface area contributed by atoms with E-state index >= 15 is 0 Å². The van der Waals surface area contributed by atoms with E-state index in [0.29, 0.717) is 18.0 Å². The molecule has 142 valence electrons. The summed E-state index contributed by atoms with van der Waals surface area (Å²) < 4.78 is 33.3. The average Bonchev–Trinajstić information content (AvgIpc) is 3.38. The molecule has 28 heavy (non-hydrogen) atoms. The fourth-order valence-electron chi connectivity index (χ4n) is 3.01. The molecule has 3 aromatic heterocycles. The molecule has 8 nitrogen and oxygen atoms in total. The summed E-state index contributed by atoms with van der Waals surface area (Å²) in [4.78, 5) is 22.1. The van der Waals surface area contributed by atoms with Crippen LogP contribution in [-0.4, -0.2) is 41.2 Å². The van der Waals surface area contributed by atoms with Crippen molar-refractivity contribution in [1.82, 2.24) is 14.5 Å². The minimum absolute atomic E-state index is 0.0259. The molecule has 9 heteroatoms. The summed E-state index contributed by atoms with van der Waals surface area (Å²) in [6.45, 7) is 0.408. The Labute approximate surface area is 161 Å². The Morgan fingerprint density at radius 2 is 2.21 bits per heavy atom. The van der Waals surface area contributed by atoms with Gasteiger partial charge in [-0.3, -0.25) is 4.79 Å². The van der Waals surface area contributed by atoms with Gasteiger partial charge in [-0.2, -0.15) is 0 Å². The zero-order chi connectivity index (χ0) is 19.7. The summed E-state index contributed by atoms with van der Waals surface area (Å²) in [5, 5.41) is -1.25. The van der Waals surface area contributed by atoms with Crippen molar-refractivity contribution in [1.29, 1.82) is 0 Å². The van der Waals surface area contributed by atoms with Gasteiger partial charge in [0.1, 0.15) is 11.5 Å². The van der Waals surface area contributed by atoms with Gasteiger partial charge in [0.15, 0.2) is 15.1 Å². The Bertz CT molecular complexity index is 1170. The predicted octanol–water partition coefficient (Wildman–Crippen LogP) is 1.28. The number of nitrogens with zero attached hydrogens (tertiary/aromatic N) is 4. The number of amides is 1. The van der Waals surface area contributed by atoms with Crippen molar-refractivity contribution in [2.75, 3.05) is 11.9 Å². The van der Waals surface area contributed by atoms with Crippen molar-refractivity contribution in [2.24, 2.45) is 0 Å². The molecule has 1 aliphatic heterocycles. The standard InChI is InChI=1S/C19H16N4O4S/c1-22-16-12-21-14(4-2-7-23-8-6-20-13-23)10-17(16)28(25,26)18(19(22)24)11-15-5-3-9-27-15/h3,5-6,8-10,12-13,18H,7,11H2,1H3. The average molecular weight is 396 g/mol. The first kappa shape index (κ1) is 18.0. The monoisotopic (exact) mass is 396 g/mol. The van der Waals surface area contributed by atoms with E-state index in [9.17, 15) is 13.2 Å². The number of sulfone groups is 1. The van der Waals surface area contributed by atoms with Gasteiger partial charge < -0.3 is 13.9 Å². The lowest BCUT2D eigenvalue weighted by Gasteiger charge is -2.30. The highest BCUT2D eigenvalue weighted by Crippen LogP contribution is 2.34. The van der Waals surface area contributed by atoms with Crippen molar-refractivity contribution in [3.63, 3.8) is 0 Å². The van der Waals surface area contributed by atoms with Crippen molar-refractivity contribution >= 4 is 21.4 Å². The minimum Gasteiger partial charge on any atom is -0.469 e. The van der Waals surface area contributed by atoms with Gasteiger partial charge in [0.2, 0.25) is 5.91 Å². The molecular formula is C19H16N4O4S. The van der Waals surface area contributed by atoms with Crippen LogP contribution in [-0.2, 0) is 27.6 Å². The number of rotatable bonds is 3. The Kier molecular flexibility index (Phi) is 4.49. The number of imidazole rings is 1. The maximum atomic E-state index is 13.1. The third-order valence-corrected chi connectivity index (χ3v) is 6.56. The Morgan fingerprint density at radius 1 is 1.36 bits per heavy atom. The van der Waals surface area contributed by atoms with E-state index in [1.807, 2.05) is 0 Å². The van der Waals surface area contributed by atoms with Gasteiger partial charge in [-0.15, -0.1) is 0 Å². The topological polar surface area (TPSA) is 98.3 Å². The van der Waals surface area contributed by atoms with Gasteiger partial charge >= 0.3 is 0 Å². The first-order valence-electron chi connectivity index (χ1n) is 8.45. The van der Waals surface area contributed by atoms with Crippen LogP contribution in [0.3, 0.4) is 0 Å². The molecule has 0 bridgehead atoms. The second-order valence-electron chi connectivity index (χ2n) is 6.29. The Morgan fingerprint density at radius 3 is 2.93 bits per heavy atom. The van der Waals surface area contributed by atoms with Crippen molar-refractivity contribution < 1.29 is 17.6 Å². The van der Waals surface area contributed by atoms with E-state index in [1.165, 1.54) is 30.5 Å². The number of carbonyl (C=O) groups is 1. The summed E-state index contributed by atoms with van der Waals surface area (Å²) >= 11 is 0. The molecule has 1 amide bonds. The maximum Gasteiger partial charge on any atom is 0.246 e. The fraction of sp³-hybridized carbons (Fsp3) is 0.211. The molecule has 4 heterocycles. The second kappa shape index (κ2) is 6.98. The van der Waals surface area contributed by atoms with Crippen LogP contribution in [0.2, 0.25) is 0 Å². The summed E-state index contributed by atoms with van der Waals surface area (Å²) in [6.07, 6.45) is 7.86. The van der Waals surface area contributed by atoms with E-state index in [-0.39, 0.29) is 17.0 Å². The molecule has 0 saturated carbocycles. The number of hydrogen-bond acceptors (Lipinski definition) is 6. The summed E-state index contributed by atoms with van der Waals surface area (Å²) in [7, 11) is -2.37. The van der Waals surface area contributed by atoms with E-state index in [2.05, 4.69) is 21.8 Å². The molecule has 0 radical (unpaired) electrons. The highest BCUT2D eigenvalue weighted by Gasteiger charge is 2.44. The lowest BCUT2D eigenvalue weighted by molar-refractivity contribution is -0.118. The molecule has 0 saturated heterocycles. The van der Waals surface area contributed by atoms with Gasteiger partial charge in [-0.1, -0.05) is 5.92 Å². The van der Waals surface area contributed by atoms with Crippen LogP contribution in [0.15, 0.2) is 58.7 Å². The van der Waals surface area contributed by atoms with Crippen LogP contribution in [0.4, 0.5) is 5.69 Å². The molecule has 1 atom stereocenters. The first-order valence-corrected chi connectivity index (χ1v) is 10.00. The number of carbonyl (C=O) groups excluding carboxylic acids is 1. The van der Waals surface area contributed by atoms with Crippen LogP contribution in [0, 0.1) is 11.8 Å². The molecule has 0 fully saturated rings. The normalized spacial score (nSPS) is 17.7. The quantitative estimate of drug-likeness (QED) is 0.619. The van der Waals surface area contributed by atoms with E-state index in [1.54, 1.807) is 35.4 Å². The predicted molar refractivity (Wildman–Crippen MR) is 100 cm³/mol. The number of fused-ring (bicyclic) bond motifs is 1. The lowest BCUT2D eigenvalue weighted by atomic mass is 10.2. The van der Waals surface area contributed by atoms with Crippen LogP contribution >= 0.6 is 0 Å². The fourth-order valence-corrected chi connectivity index (χ4v) is 4.88. The maximum absolute atomic E-state index is 13.1. The molecule has 0 N–H and O–H groups in total. The molecule has 0 aliphatic carbocycles. The first-order chi connectivity index (χ1) is 13.5. The smallest absolute Gasteiger partial charge is 0.246 e. The van der Waals surface area contributed by atoms with Gasteiger partial charge in [-0.05, 0) is 24.1 Å². The van der Waals surface area contributed by atoms with Gasteiger partial charge in [-0.25, -0.2) is 18.4 Å². The SMILES string of the molecule is CN1C(=O)C(Cc2ccco2)S(=O)(=O)c2cc(C#CCn3ccnc3)ncc21. The number of hydrogen-bond donors (Lipinski definition) is 0. The van der Waals surface area contributed by atoms with Crippen LogP contribution < -0.4 is 4.90 Å². The molecule has 1 unspecified atom stereocenters. The summed E-state index contributed by atoms with van der Waals surface area (Å²) in [5.74, 6) is 5.72. The number of furan rings is 1. The number of pyridine rings is 1. The van der Waals surface area contributed by atoms with Crippen LogP contribution in [0.25, 0.3) is 0 Å². The van der Waals surface area contributed by atoms with Crippen molar-refractivity contribution in [3.8, 4) is 11.8 Å². The highest BCUT2D eigenvalue weighted by atomic mass is 32.2. The Hall–Kier alpha value is -3.38. The largest absolute Gasteiger partial charge is 0.469 e. The molecule has 1 aliphatic rings. The van der Waals surface area contributed by atoms with Gasteiger partial charge in [0, 0.05) is 25.9 Å². The molecule has 0 aromatic carbocycles. The van der Waals surface area contributed by atoms with Gasteiger partial charge in [0.05, 0.1) is 35.9 Å². The highest BCUT2D eigenvalue weighted by molar-refractivity contribution is 7.93. The lowest BCUT2D eigenvalue weighted by Crippen LogP contribution is -2.47. The summed E-state index contributed by atoms with van der Waals surface area (Å²) in [5.41, 5.74) is 0.572. The van der Waals surface area contributed by atoms with E-state index in [4.69, 9.17) is 4.42 Å². The third-order valence-electron chi connectivity index (χ3n) is 4.50. The third kappa shape index (κ3) is 3.18. The molecular weight excluding hydrogens is 380 g/mol. The van der Waals surface area contributed by atoms with Crippen LogP contribution in [0.1, 0.15) is 11.5 Å². The van der Waals surface area contributed by atoms with Crippen molar-refractivity contribution in [3.05, 3.63) is 60.8 Å². The number of aromatic nitrogens is 3. The zero-order valence-electron chi connectivity index (χ0n) is 14.9. The second-order valence-corrected chi connectivity index (χ2v) is 8.39. The van der Waals surface area contributed by atoms with E-state index < -0.39 is 21.0 Å². The summed E-state index contributed by atoms with van der Waals surface area (Å²) in [6, 6.07) is 4.73. The zero-order valence-corrected chi connectivity index (χ0v) is 15.8. The molecule has 4 rings (SSSR count). The molecule has 3 aromatic rings. The van der Waals surface area contributed by atoms with Crippen LogP contribution in [0.5, 0.6) is 0 Å². The Balaban J connectivity index is 1.69. The number of anilines is 1.